The van der Waals surface area contributed by atoms with E-state index in [1.165, 1.54) is 11.1 Å². The van der Waals surface area contributed by atoms with Crippen LogP contribution in [0.4, 0.5) is 4.79 Å². The van der Waals surface area contributed by atoms with Gasteiger partial charge in [0.1, 0.15) is 18.8 Å². The van der Waals surface area contributed by atoms with Crippen molar-refractivity contribution in [2.24, 2.45) is 5.92 Å². The van der Waals surface area contributed by atoms with Gasteiger partial charge in [0.05, 0.1) is 13.1 Å². The Morgan fingerprint density at radius 1 is 1.09 bits per heavy atom. The molecule has 1 saturated heterocycles. The molecule has 1 fully saturated rings. The Morgan fingerprint density at radius 2 is 1.68 bits per heavy atom. The number of hydrogen-bond acceptors (Lipinski definition) is 5. The molecule has 2 aromatic carbocycles. The lowest BCUT2D eigenvalue weighted by Crippen LogP contribution is -2.63. The van der Waals surface area contributed by atoms with Crippen molar-refractivity contribution >= 4 is 18.0 Å². The van der Waals surface area contributed by atoms with Crippen LogP contribution in [0.2, 0.25) is 0 Å². The first-order valence-corrected chi connectivity index (χ1v) is 11.5. The molecule has 1 aliphatic heterocycles. The molecule has 8 heteroatoms. The molecule has 1 heterocycles. The lowest BCUT2D eigenvalue weighted by atomic mass is 9.94. The summed E-state index contributed by atoms with van der Waals surface area (Å²) in [5.74, 6) is -1.14. The number of alkyl carbamates (subject to hydrolysis) is 1. The second-order valence-corrected chi connectivity index (χ2v) is 9.40. The van der Waals surface area contributed by atoms with Gasteiger partial charge in [0.2, 0.25) is 5.91 Å². The first-order valence-electron chi connectivity index (χ1n) is 11.5. The van der Waals surface area contributed by atoms with Crippen LogP contribution in [0.15, 0.2) is 48.5 Å². The van der Waals surface area contributed by atoms with Crippen molar-refractivity contribution in [3.8, 4) is 11.1 Å². The minimum Gasteiger partial charge on any atom is -0.480 e. The number of benzene rings is 2. The summed E-state index contributed by atoms with van der Waals surface area (Å²) in [4.78, 5) is 37.1. The van der Waals surface area contributed by atoms with Crippen molar-refractivity contribution in [1.29, 1.82) is 0 Å². The summed E-state index contributed by atoms with van der Waals surface area (Å²) in [7, 11) is 0. The van der Waals surface area contributed by atoms with Crippen LogP contribution in [0, 0.1) is 5.92 Å². The van der Waals surface area contributed by atoms with Crippen molar-refractivity contribution in [3.63, 3.8) is 0 Å². The van der Waals surface area contributed by atoms with E-state index in [1.807, 2.05) is 31.2 Å². The SMILES string of the molecule is CC(CNC(=O)OCC1c2ccccc2-c2ccccc21)CC(=O)N1CC(C)(OCC(=O)O)C1. The molecule has 0 aromatic heterocycles. The van der Waals surface area contributed by atoms with Crippen molar-refractivity contribution in [2.45, 2.75) is 31.8 Å². The quantitative estimate of drug-likeness (QED) is 0.588. The molecular formula is C26H30N2O6. The monoisotopic (exact) mass is 466 g/mol. The minimum absolute atomic E-state index is 0.00113. The van der Waals surface area contributed by atoms with Gasteiger partial charge in [-0.2, -0.15) is 0 Å². The van der Waals surface area contributed by atoms with Gasteiger partial charge < -0.3 is 24.8 Å². The third-order valence-corrected chi connectivity index (χ3v) is 6.41. The van der Waals surface area contributed by atoms with Gasteiger partial charge in [0.25, 0.3) is 0 Å². The highest BCUT2D eigenvalue weighted by atomic mass is 16.5. The van der Waals surface area contributed by atoms with Crippen LogP contribution in [0.1, 0.15) is 37.3 Å². The molecule has 8 nitrogen and oxygen atoms in total. The van der Waals surface area contributed by atoms with E-state index in [-0.39, 0.29) is 37.4 Å². The Hall–Kier alpha value is -3.39. The fourth-order valence-corrected chi connectivity index (χ4v) is 4.67. The molecule has 1 atom stereocenters. The van der Waals surface area contributed by atoms with Crippen LogP contribution >= 0.6 is 0 Å². The number of likely N-dealkylation sites (tertiary alicyclic amines) is 1. The number of aliphatic carboxylic acids is 1. The van der Waals surface area contributed by atoms with Crippen LogP contribution in [0.3, 0.4) is 0 Å². The second kappa shape index (κ2) is 9.85. The van der Waals surface area contributed by atoms with E-state index >= 15 is 0 Å². The van der Waals surface area contributed by atoms with E-state index in [2.05, 4.69) is 29.6 Å². The maximum atomic E-state index is 12.4. The summed E-state index contributed by atoms with van der Waals surface area (Å²) in [6.45, 7) is 4.61. The summed E-state index contributed by atoms with van der Waals surface area (Å²) >= 11 is 0. The van der Waals surface area contributed by atoms with Gasteiger partial charge in [-0.3, -0.25) is 4.79 Å². The van der Waals surface area contributed by atoms with Crippen molar-refractivity contribution < 1.29 is 29.0 Å². The standard InChI is InChI=1S/C26H30N2O6/c1-17(11-23(29)28-15-26(2,16-28)34-14-24(30)31)12-27-25(32)33-13-22-20-9-5-3-7-18(20)19-8-4-6-10-21(19)22/h3-10,17,22H,11-16H2,1-2H3,(H,27,32)(H,30,31). The number of ether oxygens (including phenoxy) is 2. The molecule has 0 spiro atoms. The Kier molecular flexibility index (Phi) is 6.88. The van der Waals surface area contributed by atoms with Gasteiger partial charge in [-0.05, 0) is 35.1 Å². The molecule has 1 aliphatic carbocycles. The average Bonchev–Trinajstić information content (AvgIpc) is 3.12. The number of carbonyl (C=O) groups is 3. The third kappa shape index (κ3) is 5.22. The molecule has 180 valence electrons. The second-order valence-electron chi connectivity index (χ2n) is 9.40. The number of carboxylic acid groups (broad SMARTS) is 1. The molecule has 2 N–H and O–H groups in total. The molecule has 2 aliphatic rings. The van der Waals surface area contributed by atoms with Gasteiger partial charge in [-0.1, -0.05) is 55.5 Å². The summed E-state index contributed by atoms with van der Waals surface area (Å²) < 4.78 is 10.9. The molecule has 1 unspecified atom stereocenters. The number of hydrogen-bond donors (Lipinski definition) is 2. The summed E-state index contributed by atoms with van der Waals surface area (Å²) in [6, 6.07) is 16.3. The summed E-state index contributed by atoms with van der Waals surface area (Å²) in [6.07, 6.45) is -0.224. The van der Waals surface area contributed by atoms with E-state index in [0.717, 1.165) is 11.1 Å². The van der Waals surface area contributed by atoms with E-state index in [1.54, 1.807) is 11.8 Å². The smallest absolute Gasteiger partial charge is 0.407 e. The van der Waals surface area contributed by atoms with E-state index in [0.29, 0.717) is 19.6 Å². The minimum atomic E-state index is -1.03. The maximum Gasteiger partial charge on any atom is 0.407 e. The highest BCUT2D eigenvalue weighted by Gasteiger charge is 2.42. The number of carbonyl (C=O) groups excluding carboxylic acids is 2. The highest BCUT2D eigenvalue weighted by Crippen LogP contribution is 2.44. The number of nitrogens with one attached hydrogen (secondary N) is 1. The van der Waals surface area contributed by atoms with Gasteiger partial charge in [-0.25, -0.2) is 9.59 Å². The van der Waals surface area contributed by atoms with Crippen LogP contribution in [0.5, 0.6) is 0 Å². The molecule has 34 heavy (non-hydrogen) atoms. The topological polar surface area (TPSA) is 105 Å². The predicted molar refractivity (Wildman–Crippen MR) is 125 cm³/mol. The first kappa shape index (κ1) is 23.8. The Bertz CT molecular complexity index is 1030. The fraction of sp³-hybridized carbons (Fsp3) is 0.423. The van der Waals surface area contributed by atoms with Gasteiger partial charge >= 0.3 is 12.1 Å². The zero-order chi connectivity index (χ0) is 24.3. The maximum absolute atomic E-state index is 12.4. The molecule has 0 bridgehead atoms. The molecule has 0 saturated carbocycles. The van der Waals surface area contributed by atoms with Crippen molar-refractivity contribution in [3.05, 3.63) is 59.7 Å². The van der Waals surface area contributed by atoms with Crippen molar-refractivity contribution in [1.82, 2.24) is 10.2 Å². The first-order chi connectivity index (χ1) is 16.3. The van der Waals surface area contributed by atoms with Crippen LogP contribution in [-0.4, -0.2) is 66.4 Å². The average molecular weight is 467 g/mol. The van der Waals surface area contributed by atoms with E-state index < -0.39 is 17.7 Å². The van der Waals surface area contributed by atoms with Gasteiger partial charge in [0.15, 0.2) is 0 Å². The Balaban J connectivity index is 1.20. The summed E-state index contributed by atoms with van der Waals surface area (Å²) in [5, 5.41) is 11.5. The number of carboxylic acids is 1. The molecule has 2 amide bonds. The predicted octanol–water partition coefficient (Wildman–Crippen LogP) is 3.25. The zero-order valence-corrected chi connectivity index (χ0v) is 19.5. The largest absolute Gasteiger partial charge is 0.480 e. The number of fused-ring (bicyclic) bond motifs is 3. The lowest BCUT2D eigenvalue weighted by molar-refractivity contribution is -0.173. The third-order valence-electron chi connectivity index (χ3n) is 6.41. The van der Waals surface area contributed by atoms with E-state index in [9.17, 15) is 14.4 Å². The van der Waals surface area contributed by atoms with Gasteiger partial charge in [-0.15, -0.1) is 0 Å². The number of amides is 2. The Morgan fingerprint density at radius 3 is 2.26 bits per heavy atom. The molecule has 4 rings (SSSR count). The van der Waals surface area contributed by atoms with Crippen molar-refractivity contribution in [2.75, 3.05) is 32.8 Å². The van der Waals surface area contributed by atoms with Crippen LogP contribution in [0.25, 0.3) is 11.1 Å². The fourth-order valence-electron chi connectivity index (χ4n) is 4.67. The number of nitrogens with zero attached hydrogens (tertiary/aromatic N) is 1. The van der Waals surface area contributed by atoms with Crippen LogP contribution < -0.4 is 5.32 Å². The molecule has 0 radical (unpaired) electrons. The lowest BCUT2D eigenvalue weighted by Gasteiger charge is -2.47. The van der Waals surface area contributed by atoms with E-state index in [4.69, 9.17) is 14.6 Å². The van der Waals surface area contributed by atoms with Gasteiger partial charge in [0, 0.05) is 18.9 Å². The Labute approximate surface area is 198 Å². The molecular weight excluding hydrogens is 436 g/mol. The van der Waals surface area contributed by atoms with Crippen LogP contribution in [-0.2, 0) is 19.1 Å². The number of rotatable bonds is 9. The highest BCUT2D eigenvalue weighted by molar-refractivity contribution is 5.79. The summed E-state index contributed by atoms with van der Waals surface area (Å²) in [5.41, 5.74) is 4.05. The normalized spacial score (nSPS) is 16.7. The zero-order valence-electron chi connectivity index (χ0n) is 19.5. The molecule has 2 aromatic rings.